The molecule has 0 radical (unpaired) electrons. The molecule has 0 spiro atoms. The molecule has 3 nitrogen and oxygen atoms in total. The number of nitrogens with zero attached hydrogens (tertiary/aromatic N) is 1. The third kappa shape index (κ3) is 2.43. The van der Waals surface area contributed by atoms with Crippen LogP contribution in [0.1, 0.15) is 20.3 Å². The smallest absolute Gasteiger partial charge is 0.137 e. The van der Waals surface area contributed by atoms with Crippen molar-refractivity contribution in [3.05, 3.63) is 23.2 Å². The van der Waals surface area contributed by atoms with Crippen LogP contribution in [0, 0.1) is 5.92 Å². The van der Waals surface area contributed by atoms with E-state index in [0.717, 1.165) is 24.4 Å². The van der Waals surface area contributed by atoms with Crippen molar-refractivity contribution in [1.29, 1.82) is 0 Å². The Labute approximate surface area is 114 Å². The standard InChI is InChI=1S/C14H21ClN2O/c1-9-10(2)17(7-6-13(9)16)11-4-5-14(18-3)12(15)8-11/h4-5,8-10,13H,6-7,16H2,1-3H3. The number of hydrogen-bond acceptors (Lipinski definition) is 3. The van der Waals surface area contributed by atoms with Crippen LogP contribution in [0.3, 0.4) is 0 Å². The number of ether oxygens (including phenoxy) is 1. The summed E-state index contributed by atoms with van der Waals surface area (Å²) in [7, 11) is 1.63. The zero-order valence-electron chi connectivity index (χ0n) is 11.2. The third-order valence-electron chi connectivity index (χ3n) is 4.10. The van der Waals surface area contributed by atoms with Crippen molar-refractivity contribution < 1.29 is 4.74 Å². The molecule has 1 aliphatic rings. The minimum atomic E-state index is 0.296. The van der Waals surface area contributed by atoms with E-state index in [4.69, 9.17) is 22.1 Å². The van der Waals surface area contributed by atoms with Gasteiger partial charge < -0.3 is 15.4 Å². The van der Waals surface area contributed by atoms with Gasteiger partial charge in [0.2, 0.25) is 0 Å². The van der Waals surface area contributed by atoms with Crippen LogP contribution < -0.4 is 15.4 Å². The molecule has 3 atom stereocenters. The van der Waals surface area contributed by atoms with Gasteiger partial charge >= 0.3 is 0 Å². The topological polar surface area (TPSA) is 38.5 Å². The van der Waals surface area contributed by atoms with E-state index in [1.54, 1.807) is 7.11 Å². The number of anilines is 1. The molecule has 0 aliphatic carbocycles. The Morgan fingerprint density at radius 2 is 2.11 bits per heavy atom. The first-order valence-electron chi connectivity index (χ1n) is 6.40. The highest BCUT2D eigenvalue weighted by Crippen LogP contribution is 2.33. The zero-order chi connectivity index (χ0) is 13.3. The van der Waals surface area contributed by atoms with Crippen LogP contribution in [0.15, 0.2) is 18.2 Å². The maximum Gasteiger partial charge on any atom is 0.137 e. The molecule has 1 heterocycles. The maximum atomic E-state index is 6.19. The van der Waals surface area contributed by atoms with Crippen molar-refractivity contribution in [2.24, 2.45) is 11.7 Å². The molecule has 18 heavy (non-hydrogen) atoms. The molecule has 4 heteroatoms. The van der Waals surface area contributed by atoms with Crippen molar-refractivity contribution >= 4 is 17.3 Å². The summed E-state index contributed by atoms with van der Waals surface area (Å²) in [5.41, 5.74) is 7.26. The molecule has 0 saturated carbocycles. The first-order chi connectivity index (χ1) is 8.54. The summed E-state index contributed by atoms with van der Waals surface area (Å²) in [5, 5.41) is 0.657. The molecule has 0 amide bonds. The lowest BCUT2D eigenvalue weighted by Crippen LogP contribution is -2.51. The monoisotopic (exact) mass is 268 g/mol. The molecular weight excluding hydrogens is 248 g/mol. The van der Waals surface area contributed by atoms with Gasteiger partial charge in [-0.15, -0.1) is 0 Å². The van der Waals surface area contributed by atoms with Crippen molar-refractivity contribution in [3.63, 3.8) is 0 Å². The Morgan fingerprint density at radius 3 is 2.72 bits per heavy atom. The molecule has 100 valence electrons. The Morgan fingerprint density at radius 1 is 1.39 bits per heavy atom. The lowest BCUT2D eigenvalue weighted by Gasteiger charge is -2.43. The van der Waals surface area contributed by atoms with Crippen LogP contribution in [0.2, 0.25) is 5.02 Å². The van der Waals surface area contributed by atoms with E-state index in [9.17, 15) is 0 Å². The quantitative estimate of drug-likeness (QED) is 0.896. The fourth-order valence-corrected chi connectivity index (χ4v) is 2.85. The molecule has 1 aromatic rings. The summed E-state index contributed by atoms with van der Waals surface area (Å²) >= 11 is 6.19. The maximum absolute atomic E-state index is 6.19. The molecule has 2 N–H and O–H groups in total. The average Bonchev–Trinajstić information content (AvgIpc) is 2.36. The Hall–Kier alpha value is -0.930. The summed E-state index contributed by atoms with van der Waals surface area (Å²) in [6.45, 7) is 5.42. The highest BCUT2D eigenvalue weighted by molar-refractivity contribution is 6.32. The summed E-state index contributed by atoms with van der Waals surface area (Å²) in [6, 6.07) is 6.68. The molecule has 1 aromatic carbocycles. The van der Waals surface area contributed by atoms with Gasteiger partial charge in [0, 0.05) is 24.3 Å². The summed E-state index contributed by atoms with van der Waals surface area (Å²) < 4.78 is 5.18. The number of piperidine rings is 1. The van der Waals surface area contributed by atoms with E-state index in [0.29, 0.717) is 23.0 Å². The number of methoxy groups -OCH3 is 1. The van der Waals surface area contributed by atoms with Crippen LogP contribution in [-0.4, -0.2) is 25.7 Å². The van der Waals surface area contributed by atoms with Gasteiger partial charge in [-0.25, -0.2) is 0 Å². The van der Waals surface area contributed by atoms with E-state index in [-0.39, 0.29) is 0 Å². The van der Waals surface area contributed by atoms with Gasteiger partial charge in [-0.2, -0.15) is 0 Å². The van der Waals surface area contributed by atoms with Crippen LogP contribution in [0.25, 0.3) is 0 Å². The lowest BCUT2D eigenvalue weighted by atomic mass is 9.87. The predicted octanol–water partition coefficient (Wildman–Crippen LogP) is 2.91. The predicted molar refractivity (Wildman–Crippen MR) is 76.6 cm³/mol. The van der Waals surface area contributed by atoms with Gasteiger partial charge in [0.1, 0.15) is 5.75 Å². The van der Waals surface area contributed by atoms with Crippen molar-refractivity contribution in [1.82, 2.24) is 0 Å². The normalized spacial score (nSPS) is 28.3. The molecule has 1 aliphatic heterocycles. The number of rotatable bonds is 2. The van der Waals surface area contributed by atoms with Crippen molar-refractivity contribution in [3.8, 4) is 5.75 Å². The molecule has 1 fully saturated rings. The van der Waals surface area contributed by atoms with Crippen LogP contribution in [0.5, 0.6) is 5.75 Å². The Bertz CT molecular complexity index is 424. The average molecular weight is 269 g/mol. The molecule has 1 saturated heterocycles. The van der Waals surface area contributed by atoms with Gasteiger partial charge in [0.05, 0.1) is 12.1 Å². The van der Waals surface area contributed by atoms with E-state index in [1.165, 1.54) is 0 Å². The lowest BCUT2D eigenvalue weighted by molar-refractivity contribution is 0.315. The largest absolute Gasteiger partial charge is 0.495 e. The second-order valence-corrected chi connectivity index (χ2v) is 5.47. The van der Waals surface area contributed by atoms with E-state index in [2.05, 4.69) is 24.8 Å². The summed E-state index contributed by atoms with van der Waals surface area (Å²) in [5.74, 6) is 1.20. The first kappa shape index (κ1) is 13.5. The zero-order valence-corrected chi connectivity index (χ0v) is 11.9. The van der Waals surface area contributed by atoms with Crippen molar-refractivity contribution in [2.45, 2.75) is 32.4 Å². The van der Waals surface area contributed by atoms with Gasteiger partial charge in [-0.3, -0.25) is 0 Å². The van der Waals surface area contributed by atoms with Gasteiger partial charge in [-0.1, -0.05) is 18.5 Å². The number of hydrogen-bond donors (Lipinski definition) is 1. The summed E-state index contributed by atoms with van der Waals surface area (Å²) in [4.78, 5) is 2.37. The Balaban J connectivity index is 2.23. The fourth-order valence-electron chi connectivity index (χ4n) is 2.59. The molecular formula is C14H21ClN2O. The highest BCUT2D eigenvalue weighted by Gasteiger charge is 2.30. The highest BCUT2D eigenvalue weighted by atomic mass is 35.5. The number of benzene rings is 1. The first-order valence-corrected chi connectivity index (χ1v) is 6.78. The minimum absolute atomic E-state index is 0.296. The number of nitrogens with two attached hydrogens (primary N) is 1. The number of halogens is 1. The minimum Gasteiger partial charge on any atom is -0.495 e. The summed E-state index contributed by atoms with van der Waals surface area (Å²) in [6.07, 6.45) is 1.02. The van der Waals surface area contributed by atoms with Gasteiger partial charge in [0.25, 0.3) is 0 Å². The van der Waals surface area contributed by atoms with Gasteiger partial charge in [-0.05, 0) is 37.5 Å². The molecule has 3 unspecified atom stereocenters. The SMILES string of the molecule is COc1ccc(N2CCC(N)C(C)C2C)cc1Cl. The van der Waals surface area contributed by atoms with E-state index >= 15 is 0 Å². The van der Waals surface area contributed by atoms with Crippen LogP contribution >= 0.6 is 11.6 Å². The third-order valence-corrected chi connectivity index (χ3v) is 4.39. The molecule has 2 rings (SSSR count). The Kier molecular flexibility index (Phi) is 4.03. The van der Waals surface area contributed by atoms with Crippen LogP contribution in [-0.2, 0) is 0 Å². The van der Waals surface area contributed by atoms with Gasteiger partial charge in [0.15, 0.2) is 0 Å². The fraction of sp³-hybridized carbons (Fsp3) is 0.571. The molecule has 0 aromatic heterocycles. The van der Waals surface area contributed by atoms with Crippen LogP contribution in [0.4, 0.5) is 5.69 Å². The molecule has 0 bridgehead atoms. The second-order valence-electron chi connectivity index (χ2n) is 5.06. The second kappa shape index (κ2) is 5.37. The van der Waals surface area contributed by atoms with Crippen molar-refractivity contribution in [2.75, 3.05) is 18.6 Å². The van der Waals surface area contributed by atoms with E-state index < -0.39 is 0 Å². The van der Waals surface area contributed by atoms with E-state index in [1.807, 2.05) is 12.1 Å².